The lowest BCUT2D eigenvalue weighted by molar-refractivity contribution is -0.147. The zero-order valence-corrected chi connectivity index (χ0v) is 11.4. The first kappa shape index (κ1) is 14.5. The van der Waals surface area contributed by atoms with Crippen LogP contribution in [0.15, 0.2) is 18.2 Å². The zero-order valence-electron chi connectivity index (χ0n) is 11.4. The molecule has 100 valence electrons. The van der Waals surface area contributed by atoms with Gasteiger partial charge in [0.05, 0.1) is 7.11 Å². The second kappa shape index (κ2) is 6.40. The Balaban J connectivity index is 2.68. The van der Waals surface area contributed by atoms with Crippen molar-refractivity contribution in [1.82, 2.24) is 0 Å². The van der Waals surface area contributed by atoms with Crippen LogP contribution in [0.25, 0.3) is 0 Å². The summed E-state index contributed by atoms with van der Waals surface area (Å²) in [5.41, 5.74) is 7.66. The summed E-state index contributed by atoms with van der Waals surface area (Å²) < 4.78 is 10.4. The van der Waals surface area contributed by atoms with Crippen LogP contribution in [0, 0.1) is 12.8 Å². The van der Waals surface area contributed by atoms with E-state index in [0.717, 1.165) is 11.1 Å². The van der Waals surface area contributed by atoms with E-state index in [2.05, 4.69) is 0 Å². The molecule has 0 spiro atoms. The van der Waals surface area contributed by atoms with Gasteiger partial charge in [-0.25, -0.2) is 0 Å². The summed E-state index contributed by atoms with van der Waals surface area (Å²) in [6, 6.07) is 5.17. The first-order valence-electron chi connectivity index (χ1n) is 6.01. The summed E-state index contributed by atoms with van der Waals surface area (Å²) in [5.74, 6) is 0.400. The lowest BCUT2D eigenvalue weighted by atomic mass is 10.1. The van der Waals surface area contributed by atoms with Gasteiger partial charge < -0.3 is 15.2 Å². The lowest BCUT2D eigenvalue weighted by Gasteiger charge is -2.15. The number of ether oxygens (including phenoxy) is 2. The third kappa shape index (κ3) is 3.74. The molecule has 1 atom stereocenters. The highest BCUT2D eigenvalue weighted by Crippen LogP contribution is 2.20. The Bertz CT molecular complexity index is 416. The van der Waals surface area contributed by atoms with Crippen LogP contribution in [0.4, 0.5) is 0 Å². The molecule has 2 N–H and O–H groups in total. The van der Waals surface area contributed by atoms with Gasteiger partial charge in [-0.3, -0.25) is 4.79 Å². The summed E-state index contributed by atoms with van der Waals surface area (Å²) in [6.45, 7) is 5.94. The standard InChI is InChI=1S/C14H21NO3/c1-9(2)13(15)14(16)18-8-11-7-10(3)5-6-12(11)17-4/h5-7,9,13H,8,15H2,1-4H3. The topological polar surface area (TPSA) is 61.5 Å². The van der Waals surface area contributed by atoms with Gasteiger partial charge in [0.2, 0.25) is 0 Å². The molecule has 0 aliphatic carbocycles. The van der Waals surface area contributed by atoms with Crippen LogP contribution < -0.4 is 10.5 Å². The predicted octanol–water partition coefficient (Wildman–Crippen LogP) is 2.03. The fourth-order valence-electron chi connectivity index (χ4n) is 1.54. The highest BCUT2D eigenvalue weighted by atomic mass is 16.5. The SMILES string of the molecule is COc1ccc(C)cc1COC(=O)C(N)C(C)C. The molecule has 4 nitrogen and oxygen atoms in total. The highest BCUT2D eigenvalue weighted by Gasteiger charge is 2.19. The third-order valence-electron chi connectivity index (χ3n) is 2.80. The molecule has 0 amide bonds. The number of hydrogen-bond donors (Lipinski definition) is 1. The van der Waals surface area contributed by atoms with E-state index in [0.29, 0.717) is 5.75 Å². The van der Waals surface area contributed by atoms with Crippen LogP contribution in [0.2, 0.25) is 0 Å². The molecule has 0 saturated carbocycles. The van der Waals surface area contributed by atoms with Crippen molar-refractivity contribution < 1.29 is 14.3 Å². The van der Waals surface area contributed by atoms with E-state index >= 15 is 0 Å². The van der Waals surface area contributed by atoms with Gasteiger partial charge in [-0.15, -0.1) is 0 Å². The fraction of sp³-hybridized carbons (Fsp3) is 0.500. The normalized spacial score (nSPS) is 12.3. The van der Waals surface area contributed by atoms with E-state index in [1.165, 1.54) is 0 Å². The van der Waals surface area contributed by atoms with Gasteiger partial charge in [0.25, 0.3) is 0 Å². The van der Waals surface area contributed by atoms with Crippen LogP contribution in [0.5, 0.6) is 5.75 Å². The second-order valence-corrected chi connectivity index (χ2v) is 4.69. The molecule has 4 heteroatoms. The van der Waals surface area contributed by atoms with E-state index in [-0.39, 0.29) is 18.5 Å². The van der Waals surface area contributed by atoms with E-state index in [1.807, 2.05) is 39.0 Å². The summed E-state index contributed by atoms with van der Waals surface area (Å²) in [6.07, 6.45) is 0. The Morgan fingerprint density at radius 1 is 1.39 bits per heavy atom. The Morgan fingerprint density at radius 2 is 2.06 bits per heavy atom. The Hall–Kier alpha value is -1.55. The Labute approximate surface area is 108 Å². The van der Waals surface area contributed by atoms with Crippen LogP contribution in [0.1, 0.15) is 25.0 Å². The van der Waals surface area contributed by atoms with Crippen LogP contribution in [-0.4, -0.2) is 19.1 Å². The highest BCUT2D eigenvalue weighted by molar-refractivity contribution is 5.75. The predicted molar refractivity (Wildman–Crippen MR) is 70.3 cm³/mol. The summed E-state index contributed by atoms with van der Waals surface area (Å²) in [5, 5.41) is 0. The number of methoxy groups -OCH3 is 1. The van der Waals surface area contributed by atoms with Crippen LogP contribution in [0.3, 0.4) is 0 Å². The molecule has 0 bridgehead atoms. The zero-order chi connectivity index (χ0) is 13.7. The van der Waals surface area contributed by atoms with Gasteiger partial charge in [-0.2, -0.15) is 0 Å². The van der Waals surface area contributed by atoms with Gasteiger partial charge in [-0.1, -0.05) is 25.5 Å². The van der Waals surface area contributed by atoms with Crippen LogP contribution in [-0.2, 0) is 16.1 Å². The summed E-state index contributed by atoms with van der Waals surface area (Å²) in [7, 11) is 1.59. The number of carbonyl (C=O) groups excluding carboxylic acids is 1. The average Bonchev–Trinajstić information content (AvgIpc) is 2.35. The quantitative estimate of drug-likeness (QED) is 0.813. The maximum Gasteiger partial charge on any atom is 0.323 e. The molecule has 0 aromatic heterocycles. The van der Waals surface area contributed by atoms with Gasteiger partial charge in [-0.05, 0) is 25.0 Å². The molecule has 1 rings (SSSR count). The molecule has 0 aliphatic heterocycles. The first-order chi connectivity index (χ1) is 8.45. The molecular formula is C14H21NO3. The van der Waals surface area contributed by atoms with Gasteiger partial charge in [0, 0.05) is 5.56 Å². The smallest absolute Gasteiger partial charge is 0.323 e. The van der Waals surface area contributed by atoms with E-state index in [4.69, 9.17) is 15.2 Å². The number of benzene rings is 1. The maximum absolute atomic E-state index is 11.7. The van der Waals surface area contributed by atoms with Gasteiger partial charge in [0.1, 0.15) is 18.4 Å². The van der Waals surface area contributed by atoms with E-state index < -0.39 is 6.04 Å². The number of aryl methyl sites for hydroxylation is 1. The number of carbonyl (C=O) groups is 1. The molecule has 1 unspecified atom stereocenters. The molecule has 18 heavy (non-hydrogen) atoms. The van der Waals surface area contributed by atoms with Gasteiger partial charge >= 0.3 is 5.97 Å². The monoisotopic (exact) mass is 251 g/mol. The Kier molecular flexibility index (Phi) is 5.16. The first-order valence-corrected chi connectivity index (χ1v) is 6.01. The van der Waals surface area contributed by atoms with Crippen molar-refractivity contribution in [2.24, 2.45) is 11.7 Å². The van der Waals surface area contributed by atoms with Crippen molar-refractivity contribution in [3.05, 3.63) is 29.3 Å². The lowest BCUT2D eigenvalue weighted by Crippen LogP contribution is -2.36. The minimum Gasteiger partial charge on any atom is -0.496 e. The minimum absolute atomic E-state index is 0.0666. The van der Waals surface area contributed by atoms with Crippen molar-refractivity contribution in [1.29, 1.82) is 0 Å². The molecule has 0 fully saturated rings. The average molecular weight is 251 g/mol. The van der Waals surface area contributed by atoms with Crippen molar-refractivity contribution in [3.63, 3.8) is 0 Å². The Morgan fingerprint density at radius 3 is 2.61 bits per heavy atom. The van der Waals surface area contributed by atoms with Crippen molar-refractivity contribution >= 4 is 5.97 Å². The van der Waals surface area contributed by atoms with E-state index in [1.54, 1.807) is 7.11 Å². The van der Waals surface area contributed by atoms with Crippen molar-refractivity contribution in [2.45, 2.75) is 33.4 Å². The number of nitrogens with two attached hydrogens (primary N) is 1. The largest absolute Gasteiger partial charge is 0.496 e. The number of esters is 1. The van der Waals surface area contributed by atoms with Crippen molar-refractivity contribution in [3.8, 4) is 5.75 Å². The molecule has 0 saturated heterocycles. The molecular weight excluding hydrogens is 230 g/mol. The second-order valence-electron chi connectivity index (χ2n) is 4.69. The van der Waals surface area contributed by atoms with Crippen molar-refractivity contribution in [2.75, 3.05) is 7.11 Å². The molecule has 0 heterocycles. The van der Waals surface area contributed by atoms with E-state index in [9.17, 15) is 4.79 Å². The minimum atomic E-state index is -0.583. The number of rotatable bonds is 5. The molecule has 0 radical (unpaired) electrons. The number of hydrogen-bond acceptors (Lipinski definition) is 4. The third-order valence-corrected chi connectivity index (χ3v) is 2.80. The molecule has 1 aromatic carbocycles. The van der Waals surface area contributed by atoms with Gasteiger partial charge in [0.15, 0.2) is 0 Å². The molecule has 1 aromatic rings. The maximum atomic E-state index is 11.7. The fourth-order valence-corrected chi connectivity index (χ4v) is 1.54. The summed E-state index contributed by atoms with van der Waals surface area (Å²) >= 11 is 0. The van der Waals surface area contributed by atoms with Crippen LogP contribution >= 0.6 is 0 Å². The summed E-state index contributed by atoms with van der Waals surface area (Å²) in [4.78, 5) is 11.7. The molecule has 0 aliphatic rings.